The van der Waals surface area contributed by atoms with Gasteiger partial charge in [-0.3, -0.25) is 9.59 Å². The Morgan fingerprint density at radius 1 is 1.23 bits per heavy atom. The van der Waals surface area contributed by atoms with Crippen LogP contribution in [0.1, 0.15) is 40.2 Å². The second kappa shape index (κ2) is 9.45. The third kappa shape index (κ3) is 5.80. The highest BCUT2D eigenvalue weighted by atomic mass is 32.2. The van der Waals surface area contributed by atoms with Gasteiger partial charge in [0, 0.05) is 23.7 Å². The largest absolute Gasteiger partial charge is 0.341 e. The summed E-state index contributed by atoms with van der Waals surface area (Å²) in [6.45, 7) is 3.10. The molecule has 1 saturated heterocycles. The molecule has 0 radical (unpaired) electrons. The number of piperidine rings is 1. The van der Waals surface area contributed by atoms with Gasteiger partial charge in [-0.15, -0.1) is 11.3 Å². The van der Waals surface area contributed by atoms with Gasteiger partial charge in [0.1, 0.15) is 12.2 Å². The van der Waals surface area contributed by atoms with Crippen molar-refractivity contribution in [2.75, 3.05) is 30.8 Å². The molecular weight excluding hydrogens is 438 g/mol. The van der Waals surface area contributed by atoms with E-state index in [2.05, 4.69) is 11.1 Å². The van der Waals surface area contributed by atoms with Crippen LogP contribution in [-0.2, 0) is 14.8 Å². The molecule has 2 heterocycles. The number of thiazole rings is 1. The number of sulfonamides is 1. The number of anilines is 2. The van der Waals surface area contributed by atoms with Crippen molar-refractivity contribution in [1.29, 1.82) is 5.26 Å². The SMILES string of the molecule is Cc1sc(N(CC(=O)N2CCCCC2)c2ccc(C#N)cc2)nc1C(=O)NS(C)(=O)=O. The number of amides is 2. The zero-order chi connectivity index (χ0) is 22.6. The maximum absolute atomic E-state index is 12.9. The molecule has 0 atom stereocenters. The molecule has 0 unspecified atom stereocenters. The van der Waals surface area contributed by atoms with Crippen molar-refractivity contribution < 1.29 is 18.0 Å². The lowest BCUT2D eigenvalue weighted by molar-refractivity contribution is -0.130. The van der Waals surface area contributed by atoms with Gasteiger partial charge >= 0.3 is 0 Å². The molecule has 31 heavy (non-hydrogen) atoms. The molecule has 3 rings (SSSR count). The molecule has 1 aromatic carbocycles. The monoisotopic (exact) mass is 461 g/mol. The van der Waals surface area contributed by atoms with Crippen molar-refractivity contribution in [3.8, 4) is 6.07 Å². The number of likely N-dealkylation sites (tertiary alicyclic amines) is 1. The van der Waals surface area contributed by atoms with Crippen molar-refractivity contribution in [2.45, 2.75) is 26.2 Å². The van der Waals surface area contributed by atoms with Crippen molar-refractivity contribution in [3.63, 3.8) is 0 Å². The second-order valence-electron chi connectivity index (χ2n) is 7.29. The Labute approximate surface area is 185 Å². The normalized spacial score (nSPS) is 14.0. The lowest BCUT2D eigenvalue weighted by Crippen LogP contribution is -2.41. The third-order valence-corrected chi connectivity index (χ3v) is 6.37. The molecule has 1 fully saturated rings. The maximum atomic E-state index is 12.9. The van der Waals surface area contributed by atoms with Gasteiger partial charge in [-0.05, 0) is 50.5 Å². The van der Waals surface area contributed by atoms with Crippen LogP contribution in [0.3, 0.4) is 0 Å². The highest BCUT2D eigenvalue weighted by Crippen LogP contribution is 2.32. The molecule has 0 spiro atoms. The fourth-order valence-electron chi connectivity index (χ4n) is 3.29. The Kier molecular flexibility index (Phi) is 6.92. The number of aryl methyl sites for hydroxylation is 1. The van der Waals surface area contributed by atoms with E-state index in [1.54, 1.807) is 36.1 Å². The molecule has 0 bridgehead atoms. The van der Waals surface area contributed by atoms with Crippen molar-refractivity contribution in [3.05, 3.63) is 40.4 Å². The number of aromatic nitrogens is 1. The molecule has 0 aliphatic carbocycles. The minimum Gasteiger partial charge on any atom is -0.341 e. The van der Waals surface area contributed by atoms with Crippen LogP contribution in [0.4, 0.5) is 10.8 Å². The van der Waals surface area contributed by atoms with E-state index in [0.29, 0.717) is 34.3 Å². The van der Waals surface area contributed by atoms with E-state index < -0.39 is 15.9 Å². The first kappa shape index (κ1) is 22.7. The standard InChI is InChI=1S/C20H23N5O4S2/c1-14-18(19(27)23-31(2,28)29)22-20(30-14)25(16-8-6-15(12-21)7-9-16)13-17(26)24-10-4-3-5-11-24/h6-9H,3-5,10-11,13H2,1-2H3,(H,23,27). The van der Waals surface area contributed by atoms with Crippen LogP contribution in [0.5, 0.6) is 0 Å². The van der Waals surface area contributed by atoms with Gasteiger partial charge < -0.3 is 9.80 Å². The smallest absolute Gasteiger partial charge is 0.284 e. The lowest BCUT2D eigenvalue weighted by Gasteiger charge is -2.30. The Balaban J connectivity index is 1.93. The Morgan fingerprint density at radius 3 is 2.45 bits per heavy atom. The van der Waals surface area contributed by atoms with Gasteiger partial charge in [0.15, 0.2) is 5.13 Å². The maximum Gasteiger partial charge on any atom is 0.284 e. The Morgan fingerprint density at radius 2 is 1.87 bits per heavy atom. The Bertz CT molecular complexity index is 1110. The predicted octanol–water partition coefficient (Wildman–Crippen LogP) is 2.16. The van der Waals surface area contributed by atoms with Crippen molar-refractivity contribution >= 4 is 44.0 Å². The minimum atomic E-state index is -3.73. The van der Waals surface area contributed by atoms with E-state index >= 15 is 0 Å². The van der Waals surface area contributed by atoms with Crippen LogP contribution in [0.2, 0.25) is 0 Å². The summed E-state index contributed by atoms with van der Waals surface area (Å²) in [5.41, 5.74) is 1.12. The summed E-state index contributed by atoms with van der Waals surface area (Å²) in [6, 6.07) is 8.78. The number of nitrogens with zero attached hydrogens (tertiary/aromatic N) is 4. The average Bonchev–Trinajstić information content (AvgIpc) is 3.13. The highest BCUT2D eigenvalue weighted by molar-refractivity contribution is 7.89. The van der Waals surface area contributed by atoms with Crippen molar-refractivity contribution in [1.82, 2.24) is 14.6 Å². The van der Waals surface area contributed by atoms with Gasteiger partial charge in [-0.25, -0.2) is 18.1 Å². The van der Waals surface area contributed by atoms with E-state index in [9.17, 15) is 18.0 Å². The van der Waals surface area contributed by atoms with Gasteiger partial charge in [0.2, 0.25) is 15.9 Å². The molecule has 164 valence electrons. The minimum absolute atomic E-state index is 0.00510. The highest BCUT2D eigenvalue weighted by Gasteiger charge is 2.25. The van der Waals surface area contributed by atoms with Crippen LogP contribution in [-0.4, -0.2) is 56.0 Å². The predicted molar refractivity (Wildman–Crippen MR) is 118 cm³/mol. The molecule has 2 amide bonds. The van der Waals surface area contributed by atoms with Crippen LogP contribution < -0.4 is 9.62 Å². The number of hydrogen-bond donors (Lipinski definition) is 1. The van der Waals surface area contributed by atoms with Gasteiger partial charge in [-0.1, -0.05) is 0 Å². The lowest BCUT2D eigenvalue weighted by atomic mass is 10.1. The van der Waals surface area contributed by atoms with Crippen LogP contribution in [0, 0.1) is 18.3 Å². The van der Waals surface area contributed by atoms with Gasteiger partial charge in [0.25, 0.3) is 5.91 Å². The first-order valence-electron chi connectivity index (χ1n) is 9.73. The third-order valence-electron chi connectivity index (χ3n) is 4.82. The number of carbonyl (C=O) groups excluding carboxylic acids is 2. The summed E-state index contributed by atoms with van der Waals surface area (Å²) in [5, 5.41) is 9.46. The molecule has 0 saturated carbocycles. The molecule has 11 heteroatoms. The zero-order valence-corrected chi connectivity index (χ0v) is 18.9. The molecule has 1 aromatic heterocycles. The molecular formula is C20H23N5O4S2. The number of hydrogen-bond acceptors (Lipinski definition) is 8. The number of rotatable bonds is 6. The molecule has 2 aromatic rings. The summed E-state index contributed by atoms with van der Waals surface area (Å²) in [5.74, 6) is -0.872. The van der Waals surface area contributed by atoms with Crippen LogP contribution >= 0.6 is 11.3 Å². The van der Waals surface area contributed by atoms with Gasteiger partial charge in [-0.2, -0.15) is 5.26 Å². The van der Waals surface area contributed by atoms with Crippen LogP contribution in [0.15, 0.2) is 24.3 Å². The summed E-state index contributed by atoms with van der Waals surface area (Å²) in [6.07, 6.45) is 3.94. The number of nitriles is 1. The van der Waals surface area contributed by atoms with Crippen molar-refractivity contribution in [2.24, 2.45) is 0 Å². The first-order valence-corrected chi connectivity index (χ1v) is 12.4. The summed E-state index contributed by atoms with van der Waals surface area (Å²) >= 11 is 1.19. The van der Waals surface area contributed by atoms with Gasteiger partial charge in [0.05, 0.1) is 17.9 Å². The average molecular weight is 462 g/mol. The fraction of sp³-hybridized carbons (Fsp3) is 0.400. The second-order valence-corrected chi connectivity index (χ2v) is 10.2. The summed E-state index contributed by atoms with van der Waals surface area (Å²) in [4.78, 5) is 33.6. The molecule has 1 aliphatic rings. The molecule has 9 nitrogen and oxygen atoms in total. The van der Waals surface area contributed by atoms with E-state index in [-0.39, 0.29) is 18.1 Å². The van der Waals surface area contributed by atoms with E-state index in [1.807, 2.05) is 9.62 Å². The zero-order valence-electron chi connectivity index (χ0n) is 17.3. The number of benzene rings is 1. The summed E-state index contributed by atoms with van der Waals surface area (Å²) < 4.78 is 24.8. The Hall–Kier alpha value is -2.97. The fourth-order valence-corrected chi connectivity index (χ4v) is 4.65. The molecule has 1 N–H and O–H groups in total. The first-order chi connectivity index (χ1) is 14.7. The summed E-state index contributed by atoms with van der Waals surface area (Å²) in [7, 11) is -3.73. The quantitative estimate of drug-likeness (QED) is 0.699. The topological polar surface area (TPSA) is 123 Å². The van der Waals surface area contributed by atoms with E-state index in [0.717, 1.165) is 25.5 Å². The number of carbonyl (C=O) groups is 2. The number of nitrogens with one attached hydrogen (secondary N) is 1. The van der Waals surface area contributed by atoms with Crippen LogP contribution in [0.25, 0.3) is 0 Å². The van der Waals surface area contributed by atoms with E-state index in [4.69, 9.17) is 5.26 Å². The van der Waals surface area contributed by atoms with E-state index in [1.165, 1.54) is 11.3 Å². The molecule has 1 aliphatic heterocycles.